The van der Waals surface area contributed by atoms with Crippen molar-refractivity contribution in [1.29, 1.82) is 0 Å². The number of aromatic nitrogens is 2. The quantitative estimate of drug-likeness (QED) is 0.578. The van der Waals surface area contributed by atoms with E-state index in [0.717, 1.165) is 30.2 Å². The van der Waals surface area contributed by atoms with Crippen molar-refractivity contribution in [3.8, 4) is 11.5 Å². The molecule has 0 unspecified atom stereocenters. The van der Waals surface area contributed by atoms with Crippen LogP contribution in [-0.2, 0) is 18.1 Å². The summed E-state index contributed by atoms with van der Waals surface area (Å²) in [5.41, 5.74) is 0.727. The van der Waals surface area contributed by atoms with Gasteiger partial charge in [-0.2, -0.15) is 0 Å². The Morgan fingerprint density at radius 3 is 2.67 bits per heavy atom. The third-order valence-corrected chi connectivity index (χ3v) is 5.20. The van der Waals surface area contributed by atoms with E-state index in [-0.39, 0.29) is 18.1 Å². The Morgan fingerprint density at radius 2 is 2.00 bits per heavy atom. The fourth-order valence-electron chi connectivity index (χ4n) is 2.10. The number of halogens is 1. The summed E-state index contributed by atoms with van der Waals surface area (Å²) in [5, 5.41) is 9.36. The Hall–Kier alpha value is -1.86. The molecule has 0 saturated heterocycles. The molecular weight excluding hydrogens is 327 g/mol. The summed E-state index contributed by atoms with van der Waals surface area (Å²) in [4.78, 5) is 4.41. The maximum Gasteiger partial charge on any atom is 0.132 e. The molecule has 0 spiro atoms. The lowest BCUT2D eigenvalue weighted by Gasteiger charge is -2.15. The van der Waals surface area contributed by atoms with Crippen molar-refractivity contribution in [2.24, 2.45) is 0 Å². The van der Waals surface area contributed by atoms with Crippen molar-refractivity contribution in [1.82, 2.24) is 9.55 Å². The maximum absolute atomic E-state index is 13.2. The van der Waals surface area contributed by atoms with Crippen molar-refractivity contribution < 1.29 is 19.0 Å². The van der Waals surface area contributed by atoms with E-state index in [1.807, 2.05) is 17.7 Å². The highest BCUT2D eigenvalue weighted by atomic mass is 28.3. The molecule has 0 atom stereocenters. The normalized spacial score (nSPS) is 11.7. The number of phenols is 1. The van der Waals surface area contributed by atoms with Crippen LogP contribution in [0.2, 0.25) is 25.7 Å². The number of benzene rings is 1. The van der Waals surface area contributed by atoms with E-state index in [1.165, 1.54) is 12.1 Å². The molecule has 0 aliphatic carbocycles. The Labute approximate surface area is 143 Å². The molecule has 0 radical (unpaired) electrons. The largest absolute Gasteiger partial charge is 0.508 e. The molecule has 0 aliphatic rings. The second-order valence-electron chi connectivity index (χ2n) is 7.03. The lowest BCUT2D eigenvalue weighted by atomic mass is 10.3. The smallest absolute Gasteiger partial charge is 0.132 e. The molecule has 1 aromatic heterocycles. The van der Waals surface area contributed by atoms with Crippen molar-refractivity contribution in [3.05, 3.63) is 41.7 Å². The molecule has 0 fully saturated rings. The van der Waals surface area contributed by atoms with Crippen LogP contribution < -0.4 is 4.74 Å². The summed E-state index contributed by atoms with van der Waals surface area (Å²) in [6, 6.07) is 4.75. The molecule has 132 valence electrons. The second-order valence-corrected chi connectivity index (χ2v) is 12.7. The Kier molecular flexibility index (Phi) is 6.01. The number of phenolic OH excluding ortho intramolecular Hbond substituents is 1. The zero-order valence-electron chi connectivity index (χ0n) is 14.7. The van der Waals surface area contributed by atoms with Crippen molar-refractivity contribution in [2.75, 3.05) is 6.61 Å². The molecule has 2 aromatic rings. The number of aromatic hydroxyl groups is 1. The van der Waals surface area contributed by atoms with Gasteiger partial charge in [-0.1, -0.05) is 19.6 Å². The van der Waals surface area contributed by atoms with Gasteiger partial charge in [-0.15, -0.1) is 0 Å². The van der Waals surface area contributed by atoms with Crippen molar-refractivity contribution in [2.45, 2.75) is 45.9 Å². The minimum absolute atomic E-state index is 0.164. The van der Waals surface area contributed by atoms with Crippen LogP contribution in [-0.4, -0.2) is 29.3 Å². The van der Waals surface area contributed by atoms with Crippen LogP contribution in [0, 0.1) is 12.7 Å². The Morgan fingerprint density at radius 1 is 1.25 bits per heavy atom. The first-order valence-corrected chi connectivity index (χ1v) is 11.7. The summed E-state index contributed by atoms with van der Waals surface area (Å²) in [7, 11) is -1.08. The summed E-state index contributed by atoms with van der Waals surface area (Å²) in [6.45, 7) is 10.3. The standard InChI is InChI=1S/C17H25FN2O3Si/c1-13-19-15(10-20(13)12-22-5-6-24(2,3)4)11-23-17-8-14(18)7-16(21)9-17/h7-10,21H,5-6,11-12H2,1-4H3. The predicted octanol–water partition coefficient (Wildman–Crippen LogP) is 3.93. The van der Waals surface area contributed by atoms with Gasteiger partial charge in [0, 0.05) is 39.1 Å². The number of ether oxygens (including phenoxy) is 2. The third kappa shape index (κ3) is 5.97. The number of hydrogen-bond acceptors (Lipinski definition) is 4. The van der Waals surface area contributed by atoms with Gasteiger partial charge >= 0.3 is 0 Å². The Balaban J connectivity index is 1.86. The van der Waals surface area contributed by atoms with Gasteiger partial charge in [-0.25, -0.2) is 9.37 Å². The van der Waals surface area contributed by atoms with E-state index in [2.05, 4.69) is 24.6 Å². The molecule has 2 rings (SSSR count). The summed E-state index contributed by atoms with van der Waals surface area (Å²) in [6.07, 6.45) is 1.86. The fourth-order valence-corrected chi connectivity index (χ4v) is 2.86. The van der Waals surface area contributed by atoms with Gasteiger partial charge in [-0.3, -0.25) is 0 Å². The van der Waals surface area contributed by atoms with Crippen LogP contribution in [0.3, 0.4) is 0 Å². The molecular formula is C17H25FN2O3Si. The zero-order valence-corrected chi connectivity index (χ0v) is 15.7. The molecule has 0 saturated carbocycles. The predicted molar refractivity (Wildman–Crippen MR) is 93.5 cm³/mol. The number of aryl methyl sites for hydroxylation is 1. The molecule has 24 heavy (non-hydrogen) atoms. The van der Waals surface area contributed by atoms with Crippen LogP contribution in [0.4, 0.5) is 4.39 Å². The van der Waals surface area contributed by atoms with Gasteiger partial charge in [0.2, 0.25) is 0 Å². The first-order valence-electron chi connectivity index (χ1n) is 7.96. The summed E-state index contributed by atoms with van der Waals surface area (Å²) >= 11 is 0. The van der Waals surface area contributed by atoms with E-state index in [4.69, 9.17) is 9.47 Å². The topological polar surface area (TPSA) is 56.5 Å². The monoisotopic (exact) mass is 352 g/mol. The maximum atomic E-state index is 13.2. The molecule has 1 heterocycles. The summed E-state index contributed by atoms with van der Waals surface area (Å²) in [5.74, 6) is 0.403. The van der Waals surface area contributed by atoms with Crippen LogP contribution in [0.15, 0.2) is 24.4 Å². The minimum Gasteiger partial charge on any atom is -0.508 e. The second kappa shape index (κ2) is 7.81. The van der Waals surface area contributed by atoms with Crippen LogP contribution in [0.1, 0.15) is 11.5 Å². The Bertz CT molecular complexity index is 663. The van der Waals surface area contributed by atoms with Gasteiger partial charge in [-0.05, 0) is 13.0 Å². The van der Waals surface area contributed by atoms with E-state index in [0.29, 0.717) is 6.73 Å². The van der Waals surface area contributed by atoms with Gasteiger partial charge in [0.1, 0.15) is 36.5 Å². The number of nitrogens with zero attached hydrogens (tertiary/aromatic N) is 2. The number of rotatable bonds is 8. The number of imidazole rings is 1. The first-order chi connectivity index (χ1) is 11.2. The van der Waals surface area contributed by atoms with E-state index in [1.54, 1.807) is 0 Å². The van der Waals surface area contributed by atoms with E-state index < -0.39 is 13.9 Å². The molecule has 1 N–H and O–H groups in total. The first kappa shape index (κ1) is 18.5. The van der Waals surface area contributed by atoms with Gasteiger partial charge in [0.15, 0.2) is 0 Å². The van der Waals surface area contributed by atoms with E-state index >= 15 is 0 Å². The van der Waals surface area contributed by atoms with Crippen LogP contribution in [0.5, 0.6) is 11.5 Å². The lowest BCUT2D eigenvalue weighted by molar-refractivity contribution is 0.0856. The van der Waals surface area contributed by atoms with Gasteiger partial charge in [0.25, 0.3) is 0 Å². The molecule has 0 amide bonds. The highest BCUT2D eigenvalue weighted by Crippen LogP contribution is 2.21. The molecule has 0 bridgehead atoms. The van der Waals surface area contributed by atoms with Crippen molar-refractivity contribution >= 4 is 8.07 Å². The lowest BCUT2D eigenvalue weighted by Crippen LogP contribution is -2.22. The van der Waals surface area contributed by atoms with Gasteiger partial charge in [0.05, 0.1) is 5.69 Å². The SMILES string of the molecule is Cc1nc(COc2cc(O)cc(F)c2)cn1COCC[Si](C)(C)C. The molecule has 0 aliphatic heterocycles. The fraction of sp³-hybridized carbons (Fsp3) is 0.471. The zero-order chi connectivity index (χ0) is 17.7. The summed E-state index contributed by atoms with van der Waals surface area (Å²) < 4.78 is 26.3. The minimum atomic E-state index is -1.08. The molecule has 1 aromatic carbocycles. The van der Waals surface area contributed by atoms with Crippen LogP contribution >= 0.6 is 0 Å². The molecule has 7 heteroatoms. The van der Waals surface area contributed by atoms with E-state index in [9.17, 15) is 9.50 Å². The average Bonchev–Trinajstić information content (AvgIpc) is 2.80. The number of hydrogen-bond donors (Lipinski definition) is 1. The van der Waals surface area contributed by atoms with Crippen LogP contribution in [0.25, 0.3) is 0 Å². The van der Waals surface area contributed by atoms with Gasteiger partial charge < -0.3 is 19.1 Å². The highest BCUT2D eigenvalue weighted by molar-refractivity contribution is 6.76. The molecule has 5 nitrogen and oxygen atoms in total. The highest BCUT2D eigenvalue weighted by Gasteiger charge is 2.12. The average molecular weight is 352 g/mol. The van der Waals surface area contributed by atoms with Crippen molar-refractivity contribution in [3.63, 3.8) is 0 Å². The third-order valence-electron chi connectivity index (χ3n) is 3.50.